The molecule has 2 heterocycles. The molecule has 5 nitrogen and oxygen atoms in total. The lowest BCUT2D eigenvalue weighted by molar-refractivity contribution is 0.343. The summed E-state index contributed by atoms with van der Waals surface area (Å²) in [5.74, 6) is 2.70. The molecule has 0 radical (unpaired) electrons. The molecule has 0 unspecified atom stereocenters. The lowest BCUT2D eigenvalue weighted by Gasteiger charge is -2.12. The molecular formula is C19H23N3O2S2. The molecule has 3 rings (SSSR count). The molecule has 0 aliphatic heterocycles. The van der Waals surface area contributed by atoms with Crippen LogP contribution in [0.2, 0.25) is 0 Å². The van der Waals surface area contributed by atoms with Crippen LogP contribution in [0.25, 0.3) is 10.8 Å². The maximum atomic E-state index is 5.84. The Morgan fingerprint density at radius 1 is 1.19 bits per heavy atom. The number of aryl methyl sites for hydroxylation is 3. The van der Waals surface area contributed by atoms with Gasteiger partial charge in [-0.2, -0.15) is 0 Å². The Hall–Kier alpha value is -1.86. The lowest BCUT2D eigenvalue weighted by atomic mass is 9.98. The van der Waals surface area contributed by atoms with Gasteiger partial charge in [0.2, 0.25) is 0 Å². The van der Waals surface area contributed by atoms with E-state index in [9.17, 15) is 0 Å². The van der Waals surface area contributed by atoms with Crippen LogP contribution in [0.3, 0.4) is 0 Å². The van der Waals surface area contributed by atoms with Crippen molar-refractivity contribution in [1.82, 2.24) is 15.2 Å². The Kier molecular flexibility index (Phi) is 5.98. The molecule has 7 heteroatoms. The van der Waals surface area contributed by atoms with Crippen molar-refractivity contribution in [1.29, 1.82) is 0 Å². The number of hydrogen-bond donors (Lipinski definition) is 0. The normalized spacial score (nSPS) is 11.3. The van der Waals surface area contributed by atoms with Gasteiger partial charge in [-0.05, 0) is 49.9 Å². The summed E-state index contributed by atoms with van der Waals surface area (Å²) in [5.41, 5.74) is 3.55. The van der Waals surface area contributed by atoms with Crippen LogP contribution in [0.15, 0.2) is 27.8 Å². The summed E-state index contributed by atoms with van der Waals surface area (Å²) in [4.78, 5) is 5.34. The SMILES string of the molecule is Cc1nc(C)c(-c2nnc(SCCOc3ccc(C(C)C)c(C)c3)o2)s1. The van der Waals surface area contributed by atoms with Gasteiger partial charge in [-0.1, -0.05) is 31.7 Å². The fourth-order valence-corrected chi connectivity index (χ4v) is 4.18. The Morgan fingerprint density at radius 2 is 2.00 bits per heavy atom. The highest BCUT2D eigenvalue weighted by molar-refractivity contribution is 7.99. The van der Waals surface area contributed by atoms with Crippen molar-refractivity contribution in [2.24, 2.45) is 0 Å². The Bertz CT molecular complexity index is 887. The Balaban J connectivity index is 1.51. The van der Waals surface area contributed by atoms with Crippen molar-refractivity contribution in [3.63, 3.8) is 0 Å². The van der Waals surface area contributed by atoms with E-state index < -0.39 is 0 Å². The number of hydrogen-bond acceptors (Lipinski definition) is 7. The quantitative estimate of drug-likeness (QED) is 0.397. The largest absolute Gasteiger partial charge is 0.493 e. The zero-order valence-corrected chi connectivity index (χ0v) is 17.3. The molecule has 0 fully saturated rings. The van der Waals surface area contributed by atoms with Crippen molar-refractivity contribution in [2.75, 3.05) is 12.4 Å². The number of rotatable bonds is 7. The zero-order chi connectivity index (χ0) is 18.7. The fraction of sp³-hybridized carbons (Fsp3) is 0.421. The summed E-state index contributed by atoms with van der Waals surface area (Å²) in [7, 11) is 0. The first kappa shape index (κ1) is 18.9. The van der Waals surface area contributed by atoms with Gasteiger partial charge in [0.05, 0.1) is 17.3 Å². The van der Waals surface area contributed by atoms with Gasteiger partial charge in [0.25, 0.3) is 11.1 Å². The number of aromatic nitrogens is 3. The van der Waals surface area contributed by atoms with Gasteiger partial charge in [0, 0.05) is 5.75 Å². The smallest absolute Gasteiger partial charge is 0.277 e. The van der Waals surface area contributed by atoms with Gasteiger partial charge in [0.1, 0.15) is 10.6 Å². The molecule has 0 saturated carbocycles. The average molecular weight is 390 g/mol. The second-order valence-electron chi connectivity index (χ2n) is 6.39. The predicted octanol–water partition coefficient (Wildman–Crippen LogP) is 5.41. The van der Waals surface area contributed by atoms with E-state index in [1.807, 2.05) is 19.9 Å². The number of thioether (sulfide) groups is 1. The third kappa shape index (κ3) is 4.45. The minimum Gasteiger partial charge on any atom is -0.493 e. The van der Waals surface area contributed by atoms with Crippen LogP contribution in [-0.2, 0) is 0 Å². The lowest BCUT2D eigenvalue weighted by Crippen LogP contribution is -2.01. The third-order valence-electron chi connectivity index (χ3n) is 3.95. The van der Waals surface area contributed by atoms with Gasteiger partial charge in [-0.25, -0.2) is 4.98 Å². The molecule has 1 aromatic carbocycles. The van der Waals surface area contributed by atoms with Crippen LogP contribution in [-0.4, -0.2) is 27.5 Å². The van der Waals surface area contributed by atoms with Crippen molar-refractivity contribution in [2.45, 2.75) is 45.8 Å². The molecule has 0 atom stereocenters. The van der Waals surface area contributed by atoms with E-state index in [1.165, 1.54) is 22.9 Å². The standard InChI is InChI=1S/C19H23N3O2S2/c1-11(2)16-7-6-15(10-12(16)3)23-8-9-25-19-22-21-18(24-19)17-13(4)20-14(5)26-17/h6-7,10-11H,8-9H2,1-5H3. The summed E-state index contributed by atoms with van der Waals surface area (Å²) < 4.78 is 11.6. The molecule has 3 aromatic rings. The average Bonchev–Trinajstić information content (AvgIpc) is 3.17. The molecule has 0 N–H and O–H groups in total. The van der Waals surface area contributed by atoms with Gasteiger partial charge >= 0.3 is 0 Å². The maximum Gasteiger partial charge on any atom is 0.277 e. The molecular weight excluding hydrogens is 366 g/mol. The Labute approximate surface area is 162 Å². The summed E-state index contributed by atoms with van der Waals surface area (Å²) in [6.45, 7) is 11.0. The van der Waals surface area contributed by atoms with Crippen LogP contribution in [0.4, 0.5) is 0 Å². The van der Waals surface area contributed by atoms with Crippen molar-refractivity contribution >= 4 is 23.1 Å². The summed E-state index contributed by atoms with van der Waals surface area (Å²) >= 11 is 3.07. The molecule has 0 spiro atoms. The van der Waals surface area contributed by atoms with Gasteiger partial charge in [-0.3, -0.25) is 0 Å². The first-order valence-electron chi connectivity index (χ1n) is 8.58. The fourth-order valence-electron chi connectivity index (χ4n) is 2.76. The summed E-state index contributed by atoms with van der Waals surface area (Å²) in [6, 6.07) is 6.28. The second kappa shape index (κ2) is 8.22. The molecule has 26 heavy (non-hydrogen) atoms. The second-order valence-corrected chi connectivity index (χ2v) is 8.64. The van der Waals surface area contributed by atoms with E-state index >= 15 is 0 Å². The van der Waals surface area contributed by atoms with E-state index in [-0.39, 0.29) is 0 Å². The van der Waals surface area contributed by atoms with Crippen molar-refractivity contribution in [3.05, 3.63) is 40.0 Å². The van der Waals surface area contributed by atoms with Crippen molar-refractivity contribution < 1.29 is 9.15 Å². The maximum absolute atomic E-state index is 5.84. The van der Waals surface area contributed by atoms with Gasteiger partial charge in [-0.15, -0.1) is 21.5 Å². The number of thiazole rings is 1. The molecule has 0 bridgehead atoms. The van der Waals surface area contributed by atoms with Gasteiger partial charge in [0.15, 0.2) is 0 Å². The highest BCUT2D eigenvalue weighted by atomic mass is 32.2. The van der Waals surface area contributed by atoms with E-state index in [1.54, 1.807) is 11.3 Å². The summed E-state index contributed by atoms with van der Waals surface area (Å²) in [5, 5.41) is 9.78. The van der Waals surface area contributed by atoms with Crippen molar-refractivity contribution in [3.8, 4) is 16.5 Å². The minimum absolute atomic E-state index is 0.525. The van der Waals surface area contributed by atoms with Gasteiger partial charge < -0.3 is 9.15 Å². The van der Waals surface area contributed by atoms with Crippen LogP contribution in [0.1, 0.15) is 41.6 Å². The van der Waals surface area contributed by atoms with E-state index in [4.69, 9.17) is 9.15 Å². The highest BCUT2D eigenvalue weighted by Gasteiger charge is 2.15. The number of ether oxygens (including phenoxy) is 1. The molecule has 2 aromatic heterocycles. The molecule has 0 saturated heterocycles. The number of benzene rings is 1. The number of nitrogens with zero attached hydrogens (tertiary/aromatic N) is 3. The van der Waals surface area contributed by atoms with E-state index in [2.05, 4.69) is 48.1 Å². The van der Waals surface area contributed by atoms with E-state index in [0.29, 0.717) is 23.6 Å². The third-order valence-corrected chi connectivity index (χ3v) is 5.79. The van der Waals surface area contributed by atoms with Crippen LogP contribution >= 0.6 is 23.1 Å². The molecule has 0 amide bonds. The summed E-state index contributed by atoms with van der Waals surface area (Å²) in [6.07, 6.45) is 0. The highest BCUT2D eigenvalue weighted by Crippen LogP contribution is 2.30. The topological polar surface area (TPSA) is 61.0 Å². The van der Waals surface area contributed by atoms with Crippen LogP contribution in [0, 0.1) is 20.8 Å². The Morgan fingerprint density at radius 3 is 2.65 bits per heavy atom. The van der Waals surface area contributed by atoms with E-state index in [0.717, 1.165) is 27.1 Å². The zero-order valence-electron chi connectivity index (χ0n) is 15.7. The van der Waals surface area contributed by atoms with Crippen LogP contribution < -0.4 is 4.74 Å². The van der Waals surface area contributed by atoms with Crippen LogP contribution in [0.5, 0.6) is 5.75 Å². The molecule has 0 aliphatic carbocycles. The minimum atomic E-state index is 0.525. The molecule has 138 valence electrons. The monoisotopic (exact) mass is 389 g/mol. The molecule has 0 aliphatic rings. The first-order chi connectivity index (χ1) is 12.4. The predicted molar refractivity (Wildman–Crippen MR) is 106 cm³/mol. The first-order valence-corrected chi connectivity index (χ1v) is 10.4.